The minimum atomic E-state index is -4.49. The summed E-state index contributed by atoms with van der Waals surface area (Å²) in [5.41, 5.74) is 1.73. The first kappa shape index (κ1) is 20.0. The van der Waals surface area contributed by atoms with Crippen LogP contribution in [-0.4, -0.2) is 24.6 Å². The molecule has 0 bridgehead atoms. The number of benzene rings is 2. The van der Waals surface area contributed by atoms with Gasteiger partial charge in [-0.05, 0) is 35.6 Å². The molecule has 1 aliphatic rings. The molecule has 0 saturated carbocycles. The van der Waals surface area contributed by atoms with Crippen molar-refractivity contribution in [2.24, 2.45) is 0 Å². The summed E-state index contributed by atoms with van der Waals surface area (Å²) in [7, 11) is -3.39. The maximum atomic E-state index is 14.0. The molecule has 0 saturated heterocycles. The first-order valence-corrected chi connectivity index (χ1v) is 11.3. The van der Waals surface area contributed by atoms with Crippen LogP contribution in [0.15, 0.2) is 48.7 Å². The Bertz CT molecular complexity index is 1150. The number of rotatable bonds is 4. The van der Waals surface area contributed by atoms with Gasteiger partial charge < -0.3 is 4.57 Å². The fraction of sp³-hybridized carbons (Fsp3) is 0.333. The molecular formula is C21H21F3N2O2S. The molecule has 0 amide bonds. The first-order chi connectivity index (χ1) is 13.6. The Hall–Kier alpha value is -2.32. The maximum absolute atomic E-state index is 14.0. The molecule has 4 nitrogen and oxygen atoms in total. The SMILES string of the molecule is CS(=O)(=O)C1Cn2ccc3c(C(F)(F)F)c(CCc4ccccc4)cc(c32)CN1. The third-order valence-electron chi connectivity index (χ3n) is 5.42. The van der Waals surface area contributed by atoms with Crippen LogP contribution in [0.4, 0.5) is 13.2 Å². The van der Waals surface area contributed by atoms with E-state index in [0.717, 1.165) is 11.8 Å². The second-order valence-corrected chi connectivity index (χ2v) is 9.71. The van der Waals surface area contributed by atoms with Gasteiger partial charge in [0.2, 0.25) is 0 Å². The van der Waals surface area contributed by atoms with Gasteiger partial charge in [0.15, 0.2) is 9.84 Å². The number of hydrogen-bond acceptors (Lipinski definition) is 3. The molecule has 4 rings (SSSR count). The number of sulfone groups is 1. The predicted molar refractivity (Wildman–Crippen MR) is 106 cm³/mol. The van der Waals surface area contributed by atoms with Gasteiger partial charge in [0.25, 0.3) is 0 Å². The van der Waals surface area contributed by atoms with Gasteiger partial charge in [-0.3, -0.25) is 5.32 Å². The van der Waals surface area contributed by atoms with Crippen LogP contribution in [0, 0.1) is 0 Å². The van der Waals surface area contributed by atoms with Gasteiger partial charge in [-0.1, -0.05) is 36.4 Å². The lowest BCUT2D eigenvalue weighted by molar-refractivity contribution is -0.136. The van der Waals surface area contributed by atoms with Crippen molar-refractivity contribution in [3.8, 4) is 0 Å². The molecule has 0 radical (unpaired) electrons. The molecule has 8 heteroatoms. The molecule has 0 fully saturated rings. The topological polar surface area (TPSA) is 51.1 Å². The van der Waals surface area contributed by atoms with Crippen LogP contribution in [0.3, 0.4) is 0 Å². The van der Waals surface area contributed by atoms with Gasteiger partial charge in [0.05, 0.1) is 17.6 Å². The summed E-state index contributed by atoms with van der Waals surface area (Å²) in [5.74, 6) is 0. The first-order valence-electron chi connectivity index (χ1n) is 9.31. The Balaban J connectivity index is 1.82. The normalized spacial score (nSPS) is 17.4. The van der Waals surface area contributed by atoms with Crippen LogP contribution in [0.25, 0.3) is 10.9 Å². The summed E-state index contributed by atoms with van der Waals surface area (Å²) in [4.78, 5) is 0. The van der Waals surface area contributed by atoms with Crippen LogP contribution >= 0.6 is 0 Å². The average molecular weight is 422 g/mol. The second-order valence-electron chi connectivity index (χ2n) is 7.48. The Labute approximate surface area is 167 Å². The van der Waals surface area contributed by atoms with E-state index >= 15 is 0 Å². The standard InChI is InChI=1S/C21H21F3N2O2S/c1-29(27,28)18-13-26-10-9-17-19(21(22,23)24)15(11-16(12-25-18)20(17)26)8-7-14-5-3-2-4-6-14/h2-6,9-11,18,25H,7-8,12-13H2,1H3. The van der Waals surface area contributed by atoms with Gasteiger partial charge in [-0.25, -0.2) is 8.42 Å². The van der Waals surface area contributed by atoms with Crippen molar-refractivity contribution in [2.75, 3.05) is 6.26 Å². The zero-order valence-corrected chi connectivity index (χ0v) is 16.6. The van der Waals surface area contributed by atoms with E-state index in [1.807, 2.05) is 30.3 Å². The highest BCUT2D eigenvalue weighted by Crippen LogP contribution is 2.40. The van der Waals surface area contributed by atoms with Crippen molar-refractivity contribution < 1.29 is 21.6 Å². The van der Waals surface area contributed by atoms with E-state index in [4.69, 9.17) is 0 Å². The minimum Gasteiger partial charge on any atom is -0.345 e. The number of aryl methyl sites for hydroxylation is 2. The smallest absolute Gasteiger partial charge is 0.345 e. The third kappa shape index (κ3) is 3.91. The van der Waals surface area contributed by atoms with E-state index < -0.39 is 27.0 Å². The number of nitrogens with zero attached hydrogens (tertiary/aromatic N) is 1. The van der Waals surface area contributed by atoms with Gasteiger partial charge >= 0.3 is 6.18 Å². The van der Waals surface area contributed by atoms with Gasteiger partial charge in [-0.15, -0.1) is 0 Å². The molecule has 1 aliphatic heterocycles. The highest BCUT2D eigenvalue weighted by Gasteiger charge is 2.37. The zero-order valence-electron chi connectivity index (χ0n) is 15.8. The lowest BCUT2D eigenvalue weighted by Gasteiger charge is -2.17. The Morgan fingerprint density at radius 1 is 1.14 bits per heavy atom. The van der Waals surface area contributed by atoms with Crippen molar-refractivity contribution >= 4 is 20.7 Å². The highest BCUT2D eigenvalue weighted by atomic mass is 32.2. The highest BCUT2D eigenvalue weighted by molar-refractivity contribution is 7.91. The van der Waals surface area contributed by atoms with Crippen molar-refractivity contribution in [3.63, 3.8) is 0 Å². The Morgan fingerprint density at radius 3 is 2.52 bits per heavy atom. The molecule has 3 aromatic rings. The van der Waals surface area contributed by atoms with Gasteiger partial charge in [0, 0.05) is 24.4 Å². The third-order valence-corrected chi connectivity index (χ3v) is 6.76. The van der Waals surface area contributed by atoms with Gasteiger partial charge in [0.1, 0.15) is 5.37 Å². The van der Waals surface area contributed by atoms with E-state index in [2.05, 4.69) is 5.32 Å². The van der Waals surface area contributed by atoms with Crippen LogP contribution < -0.4 is 5.32 Å². The van der Waals surface area contributed by atoms with Crippen molar-refractivity contribution in [1.82, 2.24) is 9.88 Å². The van der Waals surface area contributed by atoms with E-state index in [1.54, 1.807) is 16.8 Å². The lowest BCUT2D eigenvalue weighted by Crippen LogP contribution is -2.37. The quantitative estimate of drug-likeness (QED) is 0.694. The minimum absolute atomic E-state index is 0.0794. The molecule has 1 unspecified atom stereocenters. The molecule has 154 valence electrons. The van der Waals surface area contributed by atoms with E-state index in [0.29, 0.717) is 17.5 Å². The predicted octanol–water partition coefficient (Wildman–Crippen LogP) is 3.92. The monoisotopic (exact) mass is 422 g/mol. The molecule has 1 N–H and O–H groups in total. The van der Waals surface area contributed by atoms with Crippen molar-refractivity contribution in [2.45, 2.75) is 37.5 Å². The fourth-order valence-electron chi connectivity index (χ4n) is 4.05. The fourth-order valence-corrected chi connectivity index (χ4v) is 4.87. The Morgan fingerprint density at radius 2 is 1.86 bits per heavy atom. The summed E-state index contributed by atoms with van der Waals surface area (Å²) >= 11 is 0. The summed E-state index contributed by atoms with van der Waals surface area (Å²) in [6, 6.07) is 12.4. The van der Waals surface area contributed by atoms with E-state index in [-0.39, 0.29) is 30.5 Å². The van der Waals surface area contributed by atoms with Crippen LogP contribution in [0.2, 0.25) is 0 Å². The molecule has 0 spiro atoms. The van der Waals surface area contributed by atoms with Gasteiger partial charge in [-0.2, -0.15) is 13.2 Å². The number of hydrogen-bond donors (Lipinski definition) is 1. The summed E-state index contributed by atoms with van der Waals surface area (Å²) in [6.07, 6.45) is -1.06. The number of aromatic nitrogens is 1. The summed E-state index contributed by atoms with van der Waals surface area (Å²) in [5, 5.41) is 2.28. The van der Waals surface area contributed by atoms with Crippen LogP contribution in [0.1, 0.15) is 22.3 Å². The molecule has 1 aromatic heterocycles. The summed E-state index contributed by atoms with van der Waals surface area (Å²) in [6.45, 7) is 0.282. The molecular weight excluding hydrogens is 401 g/mol. The second kappa shape index (κ2) is 7.18. The molecule has 0 aliphatic carbocycles. The zero-order chi connectivity index (χ0) is 20.8. The van der Waals surface area contributed by atoms with Crippen molar-refractivity contribution in [1.29, 1.82) is 0 Å². The van der Waals surface area contributed by atoms with Crippen LogP contribution in [0.5, 0.6) is 0 Å². The maximum Gasteiger partial charge on any atom is 0.417 e. The van der Waals surface area contributed by atoms with E-state index in [1.165, 1.54) is 6.07 Å². The molecule has 29 heavy (non-hydrogen) atoms. The Kier molecular flexibility index (Phi) is 4.94. The summed E-state index contributed by atoms with van der Waals surface area (Å²) < 4.78 is 67.7. The number of halogens is 3. The van der Waals surface area contributed by atoms with Crippen molar-refractivity contribution in [3.05, 3.63) is 70.9 Å². The van der Waals surface area contributed by atoms with E-state index in [9.17, 15) is 21.6 Å². The molecule has 2 aromatic carbocycles. The number of alkyl halides is 3. The largest absolute Gasteiger partial charge is 0.417 e. The number of nitrogens with one attached hydrogen (secondary N) is 1. The lowest BCUT2D eigenvalue weighted by atomic mass is 9.94. The van der Waals surface area contributed by atoms with Crippen LogP contribution in [-0.2, 0) is 41.9 Å². The average Bonchev–Trinajstić information content (AvgIpc) is 2.95. The molecule has 1 atom stereocenters. The molecule has 2 heterocycles.